The fourth-order valence-corrected chi connectivity index (χ4v) is 3.12. The van der Waals surface area contributed by atoms with E-state index >= 15 is 0 Å². The molecule has 0 aliphatic carbocycles. The molecule has 0 aromatic carbocycles. The summed E-state index contributed by atoms with van der Waals surface area (Å²) < 4.78 is 1.06. The van der Waals surface area contributed by atoms with Gasteiger partial charge in [0.2, 0.25) is 0 Å². The summed E-state index contributed by atoms with van der Waals surface area (Å²) in [5.74, 6) is 0. The van der Waals surface area contributed by atoms with Crippen LogP contribution in [0.4, 0.5) is 0 Å². The summed E-state index contributed by atoms with van der Waals surface area (Å²) in [5, 5.41) is 0. The van der Waals surface area contributed by atoms with Gasteiger partial charge >= 0.3 is 0 Å². The molecular formula is C28H67N2+. The van der Waals surface area contributed by atoms with E-state index in [0.717, 1.165) is 11.0 Å². The quantitative estimate of drug-likeness (QED) is 0.404. The summed E-state index contributed by atoms with van der Waals surface area (Å²) in [7, 11) is 10.9. The molecule has 0 fully saturated rings. The summed E-state index contributed by atoms with van der Waals surface area (Å²) in [6.45, 7) is 33.9. The van der Waals surface area contributed by atoms with Crippen LogP contribution in [0.2, 0.25) is 0 Å². The van der Waals surface area contributed by atoms with Crippen LogP contribution >= 0.6 is 0 Å². The van der Waals surface area contributed by atoms with E-state index in [4.69, 9.17) is 0 Å². The number of rotatable bonds is 3. The molecule has 0 aromatic rings. The van der Waals surface area contributed by atoms with Gasteiger partial charge in [-0.25, -0.2) is 0 Å². The molecule has 0 rings (SSSR count). The van der Waals surface area contributed by atoms with Crippen molar-refractivity contribution in [2.75, 3.05) is 48.3 Å². The average Bonchev–Trinajstić information content (AvgIpc) is 2.30. The van der Waals surface area contributed by atoms with Crippen LogP contribution in [-0.4, -0.2) is 57.7 Å². The summed E-state index contributed by atoms with van der Waals surface area (Å²) in [4.78, 5) is 2.21. The molecule has 188 valence electrons. The van der Waals surface area contributed by atoms with E-state index in [1.54, 1.807) is 0 Å². The Bertz CT molecular complexity index is 348. The van der Waals surface area contributed by atoms with E-state index < -0.39 is 0 Å². The molecule has 0 radical (unpaired) electrons. The number of quaternary nitrogens is 1. The van der Waals surface area contributed by atoms with Crippen LogP contribution in [0.25, 0.3) is 0 Å². The van der Waals surface area contributed by atoms with Crippen LogP contribution in [0.1, 0.15) is 116 Å². The molecule has 0 aromatic heterocycles. The van der Waals surface area contributed by atoms with Crippen molar-refractivity contribution in [3.8, 4) is 0 Å². The monoisotopic (exact) mass is 432 g/mol. The summed E-state index contributed by atoms with van der Waals surface area (Å²) >= 11 is 0. The van der Waals surface area contributed by atoms with Gasteiger partial charge in [-0.05, 0) is 36.8 Å². The van der Waals surface area contributed by atoms with Crippen molar-refractivity contribution in [2.45, 2.75) is 116 Å². The molecule has 0 unspecified atom stereocenters. The van der Waals surface area contributed by atoms with E-state index in [-0.39, 0.29) is 0 Å². The SMILES string of the molecule is CC(C)(C)C[N+](C)(C)C.CCC(C)(C)C.CCCC(C)(C)C.CN(C)CC(C)(C)C. The van der Waals surface area contributed by atoms with Crippen LogP contribution in [0.5, 0.6) is 0 Å². The van der Waals surface area contributed by atoms with Crippen LogP contribution in [-0.2, 0) is 0 Å². The molecule has 0 atom stereocenters. The van der Waals surface area contributed by atoms with Crippen molar-refractivity contribution in [2.24, 2.45) is 21.7 Å². The topological polar surface area (TPSA) is 3.24 Å². The predicted molar refractivity (Wildman–Crippen MR) is 144 cm³/mol. The lowest BCUT2D eigenvalue weighted by molar-refractivity contribution is -0.876. The van der Waals surface area contributed by atoms with Crippen molar-refractivity contribution in [1.82, 2.24) is 4.90 Å². The second kappa shape index (κ2) is 15.7. The highest BCUT2D eigenvalue weighted by molar-refractivity contribution is 4.63. The van der Waals surface area contributed by atoms with Crippen LogP contribution in [0, 0.1) is 21.7 Å². The summed E-state index contributed by atoms with van der Waals surface area (Å²) in [6, 6.07) is 0. The minimum absolute atomic E-state index is 0.448. The lowest BCUT2D eigenvalue weighted by Gasteiger charge is -2.31. The second-order valence-corrected chi connectivity index (χ2v) is 15.0. The van der Waals surface area contributed by atoms with Gasteiger partial charge in [-0.3, -0.25) is 0 Å². The van der Waals surface area contributed by atoms with Crippen LogP contribution in [0.15, 0.2) is 0 Å². The number of nitrogens with zero attached hydrogens (tertiary/aromatic N) is 2. The van der Waals surface area contributed by atoms with E-state index in [2.05, 4.69) is 137 Å². The first kappa shape index (κ1) is 37.2. The van der Waals surface area contributed by atoms with Crippen molar-refractivity contribution < 1.29 is 4.48 Å². The lowest BCUT2D eigenvalue weighted by Crippen LogP contribution is -2.41. The zero-order valence-electron chi connectivity index (χ0n) is 25.4. The van der Waals surface area contributed by atoms with E-state index in [1.165, 1.54) is 25.8 Å². The predicted octanol–water partition coefficient (Wildman–Crippen LogP) is 8.61. The van der Waals surface area contributed by atoms with Crippen molar-refractivity contribution in [3.05, 3.63) is 0 Å². The van der Waals surface area contributed by atoms with Gasteiger partial charge in [0.25, 0.3) is 0 Å². The molecule has 2 nitrogen and oxygen atoms in total. The third kappa shape index (κ3) is 63.0. The molecule has 0 aliphatic heterocycles. The molecule has 0 aliphatic rings. The Balaban J connectivity index is -0.000000152. The third-order valence-corrected chi connectivity index (χ3v) is 3.80. The molecule has 0 amide bonds. The van der Waals surface area contributed by atoms with Gasteiger partial charge in [0.05, 0.1) is 27.7 Å². The van der Waals surface area contributed by atoms with Gasteiger partial charge in [0.15, 0.2) is 0 Å². The number of hydrogen-bond donors (Lipinski definition) is 0. The van der Waals surface area contributed by atoms with Gasteiger partial charge in [-0.15, -0.1) is 0 Å². The fourth-order valence-electron chi connectivity index (χ4n) is 3.12. The van der Waals surface area contributed by atoms with Gasteiger partial charge in [0.1, 0.15) is 0 Å². The van der Waals surface area contributed by atoms with Crippen molar-refractivity contribution in [3.63, 3.8) is 0 Å². The molecule has 0 saturated carbocycles. The van der Waals surface area contributed by atoms with Gasteiger partial charge in [-0.2, -0.15) is 0 Å². The Morgan fingerprint density at radius 1 is 0.567 bits per heavy atom. The molecule has 30 heavy (non-hydrogen) atoms. The Morgan fingerprint density at radius 2 is 0.900 bits per heavy atom. The van der Waals surface area contributed by atoms with E-state index in [0.29, 0.717) is 21.7 Å². The Morgan fingerprint density at radius 3 is 0.900 bits per heavy atom. The smallest absolute Gasteiger partial charge is 0.0829 e. The highest BCUT2D eigenvalue weighted by Crippen LogP contribution is 2.19. The van der Waals surface area contributed by atoms with Gasteiger partial charge in [0, 0.05) is 12.0 Å². The molecule has 0 heterocycles. The molecule has 0 N–H and O–H groups in total. The highest BCUT2D eigenvalue weighted by atomic mass is 15.3. The molecular weight excluding hydrogens is 364 g/mol. The lowest BCUT2D eigenvalue weighted by atomic mass is 9.91. The Kier molecular flexibility index (Phi) is 19.5. The Hall–Kier alpha value is -0.0800. The van der Waals surface area contributed by atoms with Gasteiger partial charge in [-0.1, -0.05) is 110 Å². The fraction of sp³-hybridized carbons (Fsp3) is 1.00. The second-order valence-electron chi connectivity index (χ2n) is 15.0. The first-order chi connectivity index (χ1) is 12.7. The summed E-state index contributed by atoms with van der Waals surface area (Å²) in [6.07, 6.45) is 3.92. The maximum Gasteiger partial charge on any atom is 0.0829 e. The van der Waals surface area contributed by atoms with E-state index in [9.17, 15) is 0 Å². The maximum atomic E-state index is 2.27. The largest absolute Gasteiger partial charge is 0.330 e. The first-order valence-corrected chi connectivity index (χ1v) is 12.2. The van der Waals surface area contributed by atoms with E-state index in [1.807, 2.05) is 0 Å². The average molecular weight is 432 g/mol. The summed E-state index contributed by atoms with van der Waals surface area (Å²) in [5.41, 5.74) is 2.00. The van der Waals surface area contributed by atoms with Crippen molar-refractivity contribution >= 4 is 0 Å². The first-order valence-electron chi connectivity index (χ1n) is 12.2. The third-order valence-electron chi connectivity index (χ3n) is 3.80. The highest BCUT2D eigenvalue weighted by Gasteiger charge is 2.19. The minimum Gasteiger partial charge on any atom is -0.330 e. The van der Waals surface area contributed by atoms with Crippen LogP contribution < -0.4 is 0 Å². The van der Waals surface area contributed by atoms with Gasteiger partial charge < -0.3 is 9.38 Å². The van der Waals surface area contributed by atoms with Crippen LogP contribution in [0.3, 0.4) is 0 Å². The standard InChI is InChI=1S/C8H20N.C7H17N.C7H16.C6H14/c1-8(2,3)7-9(4,5)6;1-7(2,3)6-8(4)5;1-5-6-7(2,3)4;1-5-6(2,3)4/h7H2,1-6H3;6H2,1-5H3;5-6H2,1-4H3;5H2,1-4H3/q+1;;;. The van der Waals surface area contributed by atoms with Crippen molar-refractivity contribution in [1.29, 1.82) is 0 Å². The number of hydrogen-bond acceptors (Lipinski definition) is 1. The normalized spacial score (nSPS) is 12.8. The maximum absolute atomic E-state index is 2.27. The zero-order valence-corrected chi connectivity index (χ0v) is 25.4. The molecule has 2 heteroatoms. The molecule has 0 bridgehead atoms. The Labute approximate surface area is 195 Å². The molecule has 0 spiro atoms. The minimum atomic E-state index is 0.448. The zero-order chi connectivity index (χ0) is 25.6. The molecule has 0 saturated heterocycles.